The SMILES string of the molecule is C=CN=C(C)C(/C=C\C)=C(\C)C(C)C. The fourth-order valence-electron chi connectivity index (χ4n) is 1.22. The molecule has 0 fully saturated rings. The van der Waals surface area contributed by atoms with E-state index < -0.39 is 0 Å². The van der Waals surface area contributed by atoms with Crippen molar-refractivity contribution < 1.29 is 0 Å². The van der Waals surface area contributed by atoms with Gasteiger partial charge in [-0.3, -0.25) is 4.99 Å². The first-order valence-corrected chi connectivity index (χ1v) is 5.03. The van der Waals surface area contributed by atoms with Crippen molar-refractivity contribution in [3.05, 3.63) is 36.1 Å². The minimum atomic E-state index is 0.552. The Bertz CT molecular complexity index is 278. The quantitative estimate of drug-likeness (QED) is 0.468. The summed E-state index contributed by atoms with van der Waals surface area (Å²) in [7, 11) is 0. The van der Waals surface area contributed by atoms with Gasteiger partial charge in [-0.25, -0.2) is 0 Å². The average molecular weight is 191 g/mol. The predicted octanol–water partition coefficient (Wildman–Crippen LogP) is 4.14. The van der Waals surface area contributed by atoms with E-state index in [1.54, 1.807) is 6.20 Å². The second kappa shape index (κ2) is 6.36. The zero-order valence-corrected chi connectivity index (χ0v) is 9.96. The van der Waals surface area contributed by atoms with E-state index in [1.165, 1.54) is 11.1 Å². The molecule has 0 saturated heterocycles. The Balaban J connectivity index is 5.23. The number of nitrogens with zero attached hydrogens (tertiary/aromatic N) is 1. The summed E-state index contributed by atoms with van der Waals surface area (Å²) in [4.78, 5) is 4.22. The summed E-state index contributed by atoms with van der Waals surface area (Å²) < 4.78 is 0. The average Bonchev–Trinajstić information content (AvgIpc) is 2.13. The number of hydrogen-bond donors (Lipinski definition) is 0. The van der Waals surface area contributed by atoms with Crippen LogP contribution in [0.2, 0.25) is 0 Å². The van der Waals surface area contributed by atoms with Crippen molar-refractivity contribution in [2.24, 2.45) is 10.9 Å². The van der Waals surface area contributed by atoms with E-state index in [2.05, 4.69) is 38.4 Å². The minimum absolute atomic E-state index is 0.552. The first-order chi connectivity index (χ1) is 6.54. The summed E-state index contributed by atoms with van der Waals surface area (Å²) >= 11 is 0. The molecule has 0 radical (unpaired) electrons. The molecule has 78 valence electrons. The highest BCUT2D eigenvalue weighted by Gasteiger charge is 2.05. The summed E-state index contributed by atoms with van der Waals surface area (Å²) in [6.07, 6.45) is 5.74. The van der Waals surface area contributed by atoms with Crippen LogP contribution in [0.3, 0.4) is 0 Å². The summed E-state index contributed by atoms with van der Waals surface area (Å²) in [6.45, 7) is 14.2. The standard InChI is InChI=1S/C13H21N/c1-7-9-13(11(5)10(3)4)12(6)14-8-2/h7-10H,2H2,1,3-6H3/b9-7-,13-11+,14-12?. The lowest BCUT2D eigenvalue weighted by molar-refractivity contribution is 0.765. The number of aliphatic imine (C=N–C) groups is 1. The van der Waals surface area contributed by atoms with Crippen LogP contribution in [0.15, 0.2) is 41.1 Å². The molecule has 14 heavy (non-hydrogen) atoms. The van der Waals surface area contributed by atoms with Gasteiger partial charge in [0.25, 0.3) is 0 Å². The minimum Gasteiger partial charge on any atom is -0.262 e. The van der Waals surface area contributed by atoms with Gasteiger partial charge in [0.2, 0.25) is 0 Å². The number of rotatable bonds is 4. The normalized spacial score (nSPS) is 14.9. The predicted molar refractivity (Wildman–Crippen MR) is 65.7 cm³/mol. The fourth-order valence-corrected chi connectivity index (χ4v) is 1.22. The lowest BCUT2D eigenvalue weighted by atomic mass is 9.96. The largest absolute Gasteiger partial charge is 0.262 e. The van der Waals surface area contributed by atoms with Crippen molar-refractivity contribution >= 4 is 5.71 Å². The van der Waals surface area contributed by atoms with Crippen molar-refractivity contribution in [3.63, 3.8) is 0 Å². The maximum atomic E-state index is 4.22. The van der Waals surface area contributed by atoms with Gasteiger partial charge in [0.05, 0.1) is 0 Å². The molecule has 0 aliphatic carbocycles. The van der Waals surface area contributed by atoms with Gasteiger partial charge in [0.1, 0.15) is 0 Å². The van der Waals surface area contributed by atoms with Gasteiger partial charge < -0.3 is 0 Å². The summed E-state index contributed by atoms with van der Waals surface area (Å²) in [5, 5.41) is 0. The summed E-state index contributed by atoms with van der Waals surface area (Å²) in [6, 6.07) is 0. The fraction of sp³-hybridized carbons (Fsp3) is 0.462. The molecule has 0 rings (SSSR count). The van der Waals surface area contributed by atoms with Crippen LogP contribution in [-0.4, -0.2) is 5.71 Å². The van der Waals surface area contributed by atoms with E-state index in [0.717, 1.165) is 5.71 Å². The van der Waals surface area contributed by atoms with Gasteiger partial charge in [-0.1, -0.05) is 38.2 Å². The van der Waals surface area contributed by atoms with Gasteiger partial charge in [-0.2, -0.15) is 0 Å². The molecule has 0 aromatic rings. The smallest absolute Gasteiger partial charge is 0.0444 e. The molecule has 1 nitrogen and oxygen atoms in total. The molecule has 0 atom stereocenters. The van der Waals surface area contributed by atoms with E-state index in [4.69, 9.17) is 0 Å². The third kappa shape index (κ3) is 3.73. The highest BCUT2D eigenvalue weighted by atomic mass is 14.7. The molecule has 0 spiro atoms. The molecule has 1 heteroatoms. The van der Waals surface area contributed by atoms with Crippen LogP contribution in [-0.2, 0) is 0 Å². The van der Waals surface area contributed by atoms with Crippen LogP contribution in [0.5, 0.6) is 0 Å². The van der Waals surface area contributed by atoms with Crippen molar-refractivity contribution in [1.29, 1.82) is 0 Å². The first-order valence-electron chi connectivity index (χ1n) is 5.03. The highest BCUT2D eigenvalue weighted by molar-refractivity contribution is 6.01. The Hall–Kier alpha value is -1.11. The van der Waals surface area contributed by atoms with E-state index in [0.29, 0.717) is 5.92 Å². The third-order valence-electron chi connectivity index (χ3n) is 2.30. The Morgan fingerprint density at radius 1 is 1.29 bits per heavy atom. The van der Waals surface area contributed by atoms with Crippen LogP contribution in [0.4, 0.5) is 0 Å². The van der Waals surface area contributed by atoms with Crippen LogP contribution in [0.1, 0.15) is 34.6 Å². The van der Waals surface area contributed by atoms with Crippen molar-refractivity contribution in [2.45, 2.75) is 34.6 Å². The zero-order chi connectivity index (χ0) is 11.1. The maximum absolute atomic E-state index is 4.22. The molecule has 0 amide bonds. The molecular formula is C13H21N. The summed E-state index contributed by atoms with van der Waals surface area (Å²) in [5.74, 6) is 0.552. The van der Waals surface area contributed by atoms with E-state index >= 15 is 0 Å². The molecule has 0 bridgehead atoms. The zero-order valence-electron chi connectivity index (χ0n) is 9.96. The Labute approximate surface area is 87.9 Å². The van der Waals surface area contributed by atoms with Crippen molar-refractivity contribution in [2.75, 3.05) is 0 Å². The van der Waals surface area contributed by atoms with Gasteiger partial charge in [-0.15, -0.1) is 0 Å². The molecule has 0 aliphatic rings. The van der Waals surface area contributed by atoms with Crippen molar-refractivity contribution in [1.82, 2.24) is 0 Å². The van der Waals surface area contributed by atoms with Crippen LogP contribution in [0, 0.1) is 5.92 Å². The molecule has 0 aromatic heterocycles. The van der Waals surface area contributed by atoms with Crippen LogP contribution >= 0.6 is 0 Å². The van der Waals surface area contributed by atoms with Crippen molar-refractivity contribution in [3.8, 4) is 0 Å². The van der Waals surface area contributed by atoms with Gasteiger partial charge in [0, 0.05) is 11.9 Å². The van der Waals surface area contributed by atoms with Gasteiger partial charge >= 0.3 is 0 Å². The molecule has 0 N–H and O–H groups in total. The topological polar surface area (TPSA) is 12.4 Å². The van der Waals surface area contributed by atoms with Crippen LogP contribution in [0.25, 0.3) is 0 Å². The van der Waals surface area contributed by atoms with Crippen LogP contribution < -0.4 is 0 Å². The molecule has 0 aliphatic heterocycles. The maximum Gasteiger partial charge on any atom is 0.0444 e. The molecular weight excluding hydrogens is 170 g/mol. The second-order valence-electron chi connectivity index (χ2n) is 3.65. The lowest BCUT2D eigenvalue weighted by Crippen LogP contribution is -2.02. The second-order valence-corrected chi connectivity index (χ2v) is 3.65. The highest BCUT2D eigenvalue weighted by Crippen LogP contribution is 2.16. The summed E-state index contributed by atoms with van der Waals surface area (Å²) in [5.41, 5.74) is 3.62. The number of hydrogen-bond acceptors (Lipinski definition) is 1. The lowest BCUT2D eigenvalue weighted by Gasteiger charge is -2.11. The molecule has 0 saturated carbocycles. The molecule has 0 aromatic carbocycles. The Kier molecular flexibility index (Phi) is 5.86. The van der Waals surface area contributed by atoms with Gasteiger partial charge in [0.15, 0.2) is 0 Å². The Morgan fingerprint density at radius 3 is 2.21 bits per heavy atom. The monoisotopic (exact) mass is 191 g/mol. The van der Waals surface area contributed by atoms with E-state index in [9.17, 15) is 0 Å². The third-order valence-corrected chi connectivity index (χ3v) is 2.30. The molecule has 0 unspecified atom stereocenters. The molecule has 0 heterocycles. The first kappa shape index (κ1) is 12.9. The number of allylic oxidation sites excluding steroid dienone is 4. The van der Waals surface area contributed by atoms with E-state index in [-0.39, 0.29) is 0 Å². The van der Waals surface area contributed by atoms with E-state index in [1.807, 2.05) is 19.9 Å². The van der Waals surface area contributed by atoms with Gasteiger partial charge in [-0.05, 0) is 32.3 Å². The Morgan fingerprint density at radius 2 is 1.86 bits per heavy atom.